The molecule has 3 unspecified atom stereocenters. The maximum atomic E-state index is 12.1. The standard InChI is InChI=1S/C15H28N6OS.HI/c1-4-16-15(17-10-14-18-11-19-21(14)3)20-12-7-6-8-13(9-12)23(22)5-2;/h11-13H,4-10H2,1-3H3,(H2,16,17,20);1H. The van der Waals surface area contributed by atoms with Gasteiger partial charge >= 0.3 is 0 Å². The Morgan fingerprint density at radius 2 is 2.25 bits per heavy atom. The van der Waals surface area contributed by atoms with E-state index in [1.54, 1.807) is 4.68 Å². The third-order valence-electron chi connectivity index (χ3n) is 4.15. The van der Waals surface area contributed by atoms with Crippen LogP contribution in [0.4, 0.5) is 0 Å². The lowest BCUT2D eigenvalue weighted by Gasteiger charge is -2.30. The van der Waals surface area contributed by atoms with Crippen molar-refractivity contribution in [3.05, 3.63) is 12.2 Å². The molecule has 1 saturated carbocycles. The lowest BCUT2D eigenvalue weighted by Crippen LogP contribution is -2.46. The van der Waals surface area contributed by atoms with Crippen molar-refractivity contribution < 1.29 is 4.21 Å². The second-order valence-electron chi connectivity index (χ2n) is 5.79. The van der Waals surface area contributed by atoms with Crippen molar-refractivity contribution >= 4 is 40.7 Å². The molecule has 7 nitrogen and oxygen atoms in total. The Kier molecular flexibility index (Phi) is 9.79. The molecule has 138 valence electrons. The first-order valence-corrected chi connectivity index (χ1v) is 9.77. The van der Waals surface area contributed by atoms with Crippen LogP contribution >= 0.6 is 24.0 Å². The maximum absolute atomic E-state index is 12.1. The monoisotopic (exact) mass is 468 g/mol. The fourth-order valence-electron chi connectivity index (χ4n) is 2.88. The summed E-state index contributed by atoms with van der Waals surface area (Å²) >= 11 is 0. The van der Waals surface area contributed by atoms with Crippen molar-refractivity contribution in [2.45, 2.75) is 57.4 Å². The van der Waals surface area contributed by atoms with E-state index in [0.717, 1.165) is 49.8 Å². The van der Waals surface area contributed by atoms with Crippen molar-refractivity contribution in [1.29, 1.82) is 0 Å². The van der Waals surface area contributed by atoms with Crippen LogP contribution in [0.2, 0.25) is 0 Å². The summed E-state index contributed by atoms with van der Waals surface area (Å²) in [4.78, 5) is 8.79. The van der Waals surface area contributed by atoms with Gasteiger partial charge in [0.25, 0.3) is 0 Å². The number of aliphatic imine (C=N–C) groups is 1. The second-order valence-corrected chi connectivity index (χ2v) is 7.80. The van der Waals surface area contributed by atoms with E-state index in [4.69, 9.17) is 0 Å². The van der Waals surface area contributed by atoms with Gasteiger partial charge in [-0.15, -0.1) is 24.0 Å². The van der Waals surface area contributed by atoms with E-state index in [2.05, 4.69) is 32.6 Å². The number of halogens is 1. The van der Waals surface area contributed by atoms with Crippen LogP contribution in [0, 0.1) is 0 Å². The normalized spacial score (nSPS) is 22.5. The Balaban J connectivity index is 0.00000288. The number of hydrogen-bond donors (Lipinski definition) is 2. The lowest BCUT2D eigenvalue weighted by atomic mass is 9.95. The summed E-state index contributed by atoms with van der Waals surface area (Å²) in [5, 5.41) is 11.1. The van der Waals surface area contributed by atoms with Gasteiger partial charge in [-0.05, 0) is 26.2 Å². The minimum atomic E-state index is -0.706. The Morgan fingerprint density at radius 3 is 2.88 bits per heavy atom. The third kappa shape index (κ3) is 6.30. The first-order valence-electron chi connectivity index (χ1n) is 8.38. The van der Waals surface area contributed by atoms with Crippen LogP contribution in [0.1, 0.15) is 45.4 Å². The zero-order valence-corrected chi connectivity index (χ0v) is 17.8. The highest BCUT2D eigenvalue weighted by molar-refractivity contribution is 14.0. The van der Waals surface area contributed by atoms with Gasteiger partial charge in [0.15, 0.2) is 5.96 Å². The molecule has 2 rings (SSSR count). The summed E-state index contributed by atoms with van der Waals surface area (Å²) in [5.41, 5.74) is 0. The van der Waals surface area contributed by atoms with Crippen molar-refractivity contribution in [3.8, 4) is 0 Å². The van der Waals surface area contributed by atoms with Crippen molar-refractivity contribution in [2.75, 3.05) is 12.3 Å². The van der Waals surface area contributed by atoms with Gasteiger partial charge < -0.3 is 10.6 Å². The molecule has 0 bridgehead atoms. The molecule has 0 spiro atoms. The van der Waals surface area contributed by atoms with E-state index in [0.29, 0.717) is 17.8 Å². The number of nitrogens with zero attached hydrogens (tertiary/aromatic N) is 4. The van der Waals surface area contributed by atoms with Gasteiger partial charge in [0.05, 0.1) is 0 Å². The third-order valence-corrected chi connectivity index (χ3v) is 5.89. The molecule has 1 aliphatic carbocycles. The minimum absolute atomic E-state index is 0. The van der Waals surface area contributed by atoms with E-state index in [9.17, 15) is 4.21 Å². The molecule has 24 heavy (non-hydrogen) atoms. The molecule has 0 saturated heterocycles. The van der Waals surface area contributed by atoms with Crippen molar-refractivity contribution in [2.24, 2.45) is 12.0 Å². The molecule has 3 atom stereocenters. The summed E-state index contributed by atoms with van der Waals surface area (Å²) in [6, 6.07) is 0.335. The van der Waals surface area contributed by atoms with Gasteiger partial charge in [-0.25, -0.2) is 9.98 Å². The molecule has 0 aliphatic heterocycles. The van der Waals surface area contributed by atoms with Gasteiger partial charge in [-0.3, -0.25) is 8.89 Å². The zero-order valence-electron chi connectivity index (χ0n) is 14.7. The summed E-state index contributed by atoms with van der Waals surface area (Å²) in [5.74, 6) is 2.37. The fourth-order valence-corrected chi connectivity index (χ4v) is 4.22. The van der Waals surface area contributed by atoms with Crippen LogP contribution < -0.4 is 10.6 Å². The first-order chi connectivity index (χ1) is 11.1. The largest absolute Gasteiger partial charge is 0.357 e. The highest BCUT2D eigenvalue weighted by Crippen LogP contribution is 2.22. The van der Waals surface area contributed by atoms with Gasteiger partial charge in [0.1, 0.15) is 18.7 Å². The van der Waals surface area contributed by atoms with Crippen LogP contribution in [-0.2, 0) is 24.4 Å². The molecular weight excluding hydrogens is 439 g/mol. The predicted octanol–water partition coefficient (Wildman–Crippen LogP) is 1.57. The van der Waals surface area contributed by atoms with Crippen molar-refractivity contribution in [1.82, 2.24) is 25.4 Å². The average Bonchev–Trinajstić information content (AvgIpc) is 2.97. The number of aromatic nitrogens is 3. The van der Waals surface area contributed by atoms with Crippen molar-refractivity contribution in [3.63, 3.8) is 0 Å². The molecular formula is C15H29IN6OS. The Bertz CT molecular complexity index is 550. The number of nitrogens with one attached hydrogen (secondary N) is 2. The molecule has 0 aromatic carbocycles. The van der Waals surface area contributed by atoms with Crippen LogP contribution in [0.15, 0.2) is 11.3 Å². The van der Waals surface area contributed by atoms with Gasteiger partial charge in [0, 0.05) is 41.4 Å². The molecule has 9 heteroatoms. The molecule has 1 heterocycles. The SMILES string of the molecule is CCNC(=NCc1ncnn1C)NC1CCCC(S(=O)CC)C1.I. The van der Waals surface area contributed by atoms with Crippen LogP contribution in [-0.4, -0.2) is 48.5 Å². The lowest BCUT2D eigenvalue weighted by molar-refractivity contribution is 0.413. The van der Waals surface area contributed by atoms with E-state index >= 15 is 0 Å². The van der Waals surface area contributed by atoms with Crippen LogP contribution in [0.3, 0.4) is 0 Å². The number of hydrogen-bond acceptors (Lipinski definition) is 4. The van der Waals surface area contributed by atoms with Gasteiger partial charge in [-0.1, -0.05) is 13.3 Å². The number of guanidine groups is 1. The number of aryl methyl sites for hydroxylation is 1. The molecule has 0 amide bonds. The molecule has 1 fully saturated rings. The highest BCUT2D eigenvalue weighted by atomic mass is 127. The highest BCUT2D eigenvalue weighted by Gasteiger charge is 2.26. The average molecular weight is 468 g/mol. The van der Waals surface area contributed by atoms with E-state index < -0.39 is 10.8 Å². The van der Waals surface area contributed by atoms with E-state index in [-0.39, 0.29) is 24.0 Å². The second kappa shape index (κ2) is 11.0. The summed E-state index contributed by atoms with van der Waals surface area (Å²) in [7, 11) is 1.16. The zero-order chi connectivity index (χ0) is 16.7. The fraction of sp³-hybridized carbons (Fsp3) is 0.800. The van der Waals surface area contributed by atoms with Crippen LogP contribution in [0.25, 0.3) is 0 Å². The first kappa shape index (κ1) is 21.3. The summed E-state index contributed by atoms with van der Waals surface area (Å²) < 4.78 is 13.8. The maximum Gasteiger partial charge on any atom is 0.191 e. The summed E-state index contributed by atoms with van der Waals surface area (Å²) in [6.45, 7) is 5.35. The molecule has 1 aliphatic rings. The Hall–Kier alpha value is -0.710. The Morgan fingerprint density at radius 1 is 1.46 bits per heavy atom. The number of rotatable bonds is 6. The van der Waals surface area contributed by atoms with E-state index in [1.165, 1.54) is 6.33 Å². The van der Waals surface area contributed by atoms with E-state index in [1.807, 2.05) is 14.0 Å². The van der Waals surface area contributed by atoms with Gasteiger partial charge in [-0.2, -0.15) is 5.10 Å². The molecule has 1 aromatic rings. The quantitative estimate of drug-likeness (QED) is 0.376. The van der Waals surface area contributed by atoms with Crippen LogP contribution in [0.5, 0.6) is 0 Å². The van der Waals surface area contributed by atoms with Gasteiger partial charge in [0.2, 0.25) is 0 Å². The summed E-state index contributed by atoms with van der Waals surface area (Å²) in [6.07, 6.45) is 5.79. The topological polar surface area (TPSA) is 84.2 Å². The smallest absolute Gasteiger partial charge is 0.191 e. The minimum Gasteiger partial charge on any atom is -0.357 e. The molecule has 2 N–H and O–H groups in total. The molecule has 0 radical (unpaired) electrons. The molecule has 1 aromatic heterocycles. The predicted molar refractivity (Wildman–Crippen MR) is 109 cm³/mol. The Labute approximate surface area is 164 Å².